The molecule has 0 aliphatic heterocycles. The summed E-state index contributed by atoms with van der Waals surface area (Å²) in [6, 6.07) is 8.43. The fraction of sp³-hybridized carbons (Fsp3) is 0.647. The van der Waals surface area contributed by atoms with E-state index in [9.17, 15) is 5.11 Å². The Morgan fingerprint density at radius 2 is 2.06 bits per heavy atom. The quantitative estimate of drug-likeness (QED) is 0.787. The Morgan fingerprint density at radius 3 is 2.78 bits per heavy atom. The van der Waals surface area contributed by atoms with E-state index in [1.165, 1.54) is 36.8 Å². The standard InChI is InChI=1S/C17H26O/c1-3-5-8-14(4-2)13-17(18)12-11-15-9-6-7-10-16(15)17/h6-7,9-10,14,18H,3-5,8,11-13H2,1-2H3. The van der Waals surface area contributed by atoms with E-state index in [1.54, 1.807) is 0 Å². The van der Waals surface area contributed by atoms with Gasteiger partial charge in [0.25, 0.3) is 0 Å². The lowest BCUT2D eigenvalue weighted by Crippen LogP contribution is -2.26. The van der Waals surface area contributed by atoms with E-state index < -0.39 is 5.60 Å². The van der Waals surface area contributed by atoms with E-state index in [2.05, 4.69) is 38.1 Å². The van der Waals surface area contributed by atoms with Crippen LogP contribution in [0.3, 0.4) is 0 Å². The summed E-state index contributed by atoms with van der Waals surface area (Å²) >= 11 is 0. The summed E-state index contributed by atoms with van der Waals surface area (Å²) in [4.78, 5) is 0. The smallest absolute Gasteiger partial charge is 0.0905 e. The van der Waals surface area contributed by atoms with Crippen molar-refractivity contribution in [3.8, 4) is 0 Å². The zero-order valence-corrected chi connectivity index (χ0v) is 11.8. The molecule has 0 heterocycles. The second-order valence-corrected chi connectivity index (χ2v) is 5.81. The van der Waals surface area contributed by atoms with Crippen LogP contribution in [0.15, 0.2) is 24.3 Å². The molecule has 0 saturated heterocycles. The molecular formula is C17H26O. The van der Waals surface area contributed by atoms with Crippen LogP contribution in [0.5, 0.6) is 0 Å². The van der Waals surface area contributed by atoms with Crippen LogP contribution in [0.4, 0.5) is 0 Å². The molecule has 1 heteroatoms. The van der Waals surface area contributed by atoms with Crippen LogP contribution in [-0.2, 0) is 12.0 Å². The number of aliphatic hydroxyl groups is 1. The molecule has 2 unspecified atom stereocenters. The van der Waals surface area contributed by atoms with Gasteiger partial charge < -0.3 is 5.11 Å². The first-order valence-electron chi connectivity index (χ1n) is 7.50. The number of hydrogen-bond donors (Lipinski definition) is 1. The van der Waals surface area contributed by atoms with Crippen LogP contribution >= 0.6 is 0 Å². The van der Waals surface area contributed by atoms with E-state index >= 15 is 0 Å². The Morgan fingerprint density at radius 1 is 1.28 bits per heavy atom. The van der Waals surface area contributed by atoms with Gasteiger partial charge >= 0.3 is 0 Å². The molecule has 0 saturated carbocycles. The minimum atomic E-state index is -0.551. The Bertz CT molecular complexity index is 385. The van der Waals surface area contributed by atoms with Gasteiger partial charge in [-0.1, -0.05) is 63.8 Å². The molecule has 1 nitrogen and oxygen atoms in total. The summed E-state index contributed by atoms with van der Waals surface area (Å²) in [5.74, 6) is 0.668. The highest BCUT2D eigenvalue weighted by molar-refractivity contribution is 5.37. The van der Waals surface area contributed by atoms with Gasteiger partial charge in [-0.05, 0) is 36.3 Å². The van der Waals surface area contributed by atoms with Crippen molar-refractivity contribution in [2.45, 2.75) is 64.4 Å². The molecule has 1 aliphatic rings. The van der Waals surface area contributed by atoms with Gasteiger partial charge in [-0.15, -0.1) is 0 Å². The lowest BCUT2D eigenvalue weighted by Gasteiger charge is -2.29. The largest absolute Gasteiger partial charge is 0.385 e. The molecule has 0 fully saturated rings. The molecule has 0 radical (unpaired) electrons. The van der Waals surface area contributed by atoms with Gasteiger partial charge in [0.1, 0.15) is 0 Å². The molecule has 2 atom stereocenters. The van der Waals surface area contributed by atoms with Gasteiger partial charge in [-0.25, -0.2) is 0 Å². The molecule has 100 valence electrons. The van der Waals surface area contributed by atoms with Gasteiger partial charge in [-0.3, -0.25) is 0 Å². The normalized spacial score (nSPS) is 23.9. The Hall–Kier alpha value is -0.820. The minimum Gasteiger partial charge on any atom is -0.385 e. The molecule has 1 aromatic rings. The molecule has 0 bridgehead atoms. The summed E-state index contributed by atoms with van der Waals surface area (Å²) < 4.78 is 0. The van der Waals surface area contributed by atoms with Crippen LogP contribution in [0, 0.1) is 5.92 Å². The molecule has 1 N–H and O–H groups in total. The molecule has 0 spiro atoms. The maximum Gasteiger partial charge on any atom is 0.0905 e. The number of hydrogen-bond acceptors (Lipinski definition) is 1. The lowest BCUT2D eigenvalue weighted by molar-refractivity contribution is 0.0105. The van der Waals surface area contributed by atoms with Crippen molar-refractivity contribution in [1.29, 1.82) is 0 Å². The zero-order chi connectivity index (χ0) is 13.0. The number of aryl methyl sites for hydroxylation is 1. The highest BCUT2D eigenvalue weighted by atomic mass is 16.3. The summed E-state index contributed by atoms with van der Waals surface area (Å²) in [6.45, 7) is 4.50. The van der Waals surface area contributed by atoms with E-state index in [0.717, 1.165) is 19.3 Å². The predicted molar refractivity (Wildman–Crippen MR) is 76.6 cm³/mol. The fourth-order valence-corrected chi connectivity index (χ4v) is 3.30. The molecular weight excluding hydrogens is 220 g/mol. The van der Waals surface area contributed by atoms with Crippen LogP contribution in [0.2, 0.25) is 0 Å². The third-order valence-electron chi connectivity index (χ3n) is 4.50. The minimum absolute atomic E-state index is 0.551. The maximum atomic E-state index is 10.9. The highest BCUT2D eigenvalue weighted by Crippen LogP contribution is 2.42. The van der Waals surface area contributed by atoms with E-state index in [1.807, 2.05) is 0 Å². The van der Waals surface area contributed by atoms with Crippen molar-refractivity contribution in [2.24, 2.45) is 5.92 Å². The number of unbranched alkanes of at least 4 members (excludes halogenated alkanes) is 1. The Labute approximate surface area is 111 Å². The van der Waals surface area contributed by atoms with E-state index in [-0.39, 0.29) is 0 Å². The molecule has 1 aliphatic carbocycles. The van der Waals surface area contributed by atoms with Crippen LogP contribution in [-0.4, -0.2) is 5.11 Å². The third kappa shape index (κ3) is 2.77. The van der Waals surface area contributed by atoms with Gasteiger partial charge in [0.2, 0.25) is 0 Å². The molecule has 0 amide bonds. The average Bonchev–Trinajstić information content (AvgIpc) is 2.73. The monoisotopic (exact) mass is 246 g/mol. The number of fused-ring (bicyclic) bond motifs is 1. The van der Waals surface area contributed by atoms with Crippen LogP contribution in [0.25, 0.3) is 0 Å². The average molecular weight is 246 g/mol. The van der Waals surface area contributed by atoms with Crippen molar-refractivity contribution >= 4 is 0 Å². The van der Waals surface area contributed by atoms with E-state index in [4.69, 9.17) is 0 Å². The Kier molecular flexibility index (Phi) is 4.45. The van der Waals surface area contributed by atoms with Gasteiger partial charge in [0, 0.05) is 0 Å². The van der Waals surface area contributed by atoms with Crippen molar-refractivity contribution in [2.75, 3.05) is 0 Å². The molecule has 1 aromatic carbocycles. The van der Waals surface area contributed by atoms with Crippen molar-refractivity contribution in [1.82, 2.24) is 0 Å². The topological polar surface area (TPSA) is 20.2 Å². The lowest BCUT2D eigenvalue weighted by atomic mass is 9.82. The second-order valence-electron chi connectivity index (χ2n) is 5.81. The zero-order valence-electron chi connectivity index (χ0n) is 11.8. The highest BCUT2D eigenvalue weighted by Gasteiger charge is 2.37. The number of benzene rings is 1. The third-order valence-corrected chi connectivity index (χ3v) is 4.50. The van der Waals surface area contributed by atoms with Gasteiger partial charge in [0.05, 0.1) is 5.60 Å². The van der Waals surface area contributed by atoms with Crippen molar-refractivity contribution < 1.29 is 5.11 Å². The van der Waals surface area contributed by atoms with Gasteiger partial charge in [0.15, 0.2) is 0 Å². The summed E-state index contributed by atoms with van der Waals surface area (Å²) in [5.41, 5.74) is 2.00. The van der Waals surface area contributed by atoms with Crippen LogP contribution in [0.1, 0.15) is 63.5 Å². The first-order chi connectivity index (χ1) is 8.69. The predicted octanol–water partition coefficient (Wildman–Crippen LogP) is 4.43. The maximum absolute atomic E-state index is 10.9. The van der Waals surface area contributed by atoms with Crippen molar-refractivity contribution in [3.05, 3.63) is 35.4 Å². The molecule has 0 aromatic heterocycles. The molecule has 18 heavy (non-hydrogen) atoms. The molecule has 2 rings (SSSR count). The first-order valence-corrected chi connectivity index (χ1v) is 7.50. The summed E-state index contributed by atoms with van der Waals surface area (Å²) in [7, 11) is 0. The Balaban J connectivity index is 2.08. The summed E-state index contributed by atoms with van der Waals surface area (Å²) in [6.07, 6.45) is 7.88. The second kappa shape index (κ2) is 5.88. The van der Waals surface area contributed by atoms with Gasteiger partial charge in [-0.2, -0.15) is 0 Å². The number of rotatable bonds is 6. The van der Waals surface area contributed by atoms with Crippen molar-refractivity contribution in [3.63, 3.8) is 0 Å². The van der Waals surface area contributed by atoms with Crippen LogP contribution < -0.4 is 0 Å². The first kappa shape index (κ1) is 13.6. The van der Waals surface area contributed by atoms with E-state index in [0.29, 0.717) is 5.92 Å². The SMILES string of the molecule is CCCCC(CC)CC1(O)CCc2ccccc21. The summed E-state index contributed by atoms with van der Waals surface area (Å²) in [5, 5.41) is 10.9. The fourth-order valence-electron chi connectivity index (χ4n) is 3.30.